The van der Waals surface area contributed by atoms with Crippen LogP contribution in [0.1, 0.15) is 18.1 Å². The van der Waals surface area contributed by atoms with E-state index in [1.165, 1.54) is 31.2 Å². The second kappa shape index (κ2) is 8.88. The van der Waals surface area contributed by atoms with E-state index >= 15 is 0 Å². The fourth-order valence-electron chi connectivity index (χ4n) is 2.67. The predicted molar refractivity (Wildman–Crippen MR) is 107 cm³/mol. The maximum atomic E-state index is 12.2. The molecule has 1 atom stereocenters. The summed E-state index contributed by atoms with van der Waals surface area (Å²) in [5.74, 6) is -1.12. The highest BCUT2D eigenvalue weighted by Gasteiger charge is 2.17. The molecule has 0 aliphatic carbocycles. The molecule has 0 saturated carbocycles. The summed E-state index contributed by atoms with van der Waals surface area (Å²) in [4.78, 5) is 35.8. The van der Waals surface area contributed by atoms with E-state index in [-0.39, 0.29) is 17.9 Å². The molecule has 0 aliphatic rings. The number of phenolic OH excluding ortho intramolecular Hbond substituents is 1. The Kier molecular flexibility index (Phi) is 6.09. The number of rotatable bonds is 6. The number of carbonyl (C=O) groups is 2. The molecule has 1 heterocycles. The Hall–Kier alpha value is -3.87. The van der Waals surface area contributed by atoms with Crippen LogP contribution in [0.3, 0.4) is 0 Å². The summed E-state index contributed by atoms with van der Waals surface area (Å²) in [6, 6.07) is 13.9. The molecule has 0 bridgehead atoms. The Morgan fingerprint density at radius 1 is 1.17 bits per heavy atom. The molecule has 1 aromatic heterocycles. The lowest BCUT2D eigenvalue weighted by Gasteiger charge is -2.13. The summed E-state index contributed by atoms with van der Waals surface area (Å²) in [5.41, 5.74) is 0.864. The summed E-state index contributed by atoms with van der Waals surface area (Å²) in [6.45, 7) is 1.33. The molecule has 0 unspecified atom stereocenters. The summed E-state index contributed by atoms with van der Waals surface area (Å²) in [6.07, 6.45) is 2.97. The lowest BCUT2D eigenvalue weighted by atomic mass is 10.1. The van der Waals surface area contributed by atoms with Gasteiger partial charge in [-0.25, -0.2) is 9.59 Å². The quantitative estimate of drug-likeness (QED) is 0.379. The number of hydrogen-bond donors (Lipinski definition) is 2. The van der Waals surface area contributed by atoms with E-state index in [4.69, 9.17) is 9.15 Å². The molecule has 7 nitrogen and oxygen atoms in total. The van der Waals surface area contributed by atoms with E-state index in [2.05, 4.69) is 5.32 Å². The predicted octanol–water partition coefficient (Wildman–Crippen LogP) is 2.76. The number of phenols is 1. The average Bonchev–Trinajstić information content (AvgIpc) is 2.70. The van der Waals surface area contributed by atoms with Gasteiger partial charge in [0.05, 0.1) is 0 Å². The molecular weight excluding hydrogens is 374 g/mol. The number of hydrogen-bond acceptors (Lipinski definition) is 6. The van der Waals surface area contributed by atoms with E-state index in [9.17, 15) is 19.5 Å². The summed E-state index contributed by atoms with van der Waals surface area (Å²) < 4.78 is 10.3. The van der Waals surface area contributed by atoms with Crippen LogP contribution in [-0.4, -0.2) is 23.0 Å². The zero-order valence-electron chi connectivity index (χ0n) is 15.6. The smallest absolute Gasteiger partial charge is 0.336 e. The summed E-state index contributed by atoms with van der Waals surface area (Å²) >= 11 is 0. The minimum absolute atomic E-state index is 0.0466. The first-order valence-corrected chi connectivity index (χ1v) is 8.88. The normalized spacial score (nSPS) is 12.0. The molecular formula is C22H19NO6. The third-order valence-electron chi connectivity index (χ3n) is 4.12. The molecule has 0 spiro atoms. The van der Waals surface area contributed by atoms with Gasteiger partial charge in [-0.15, -0.1) is 0 Å². The number of fused-ring (bicyclic) bond motifs is 1. The van der Waals surface area contributed by atoms with Gasteiger partial charge in [0, 0.05) is 29.2 Å². The standard InChI is InChI=1S/C22H19NO6/c1-14(23-20(25)10-7-15-5-3-2-4-6-15)22(27)28-13-16-11-21(26)29-19-12-17(24)8-9-18(16)19/h2-12,14,24H,13H2,1H3,(H,23,25)/b10-7+/t14-/m0/s1. The van der Waals surface area contributed by atoms with Gasteiger partial charge in [0.15, 0.2) is 0 Å². The van der Waals surface area contributed by atoms with E-state index in [1.807, 2.05) is 30.3 Å². The first kappa shape index (κ1) is 19.9. The molecule has 0 fully saturated rings. The fraction of sp³-hybridized carbons (Fsp3) is 0.136. The Morgan fingerprint density at radius 2 is 1.93 bits per heavy atom. The van der Waals surface area contributed by atoms with Crippen LogP contribution in [0.25, 0.3) is 17.0 Å². The largest absolute Gasteiger partial charge is 0.508 e. The van der Waals surface area contributed by atoms with Crippen LogP contribution in [0.2, 0.25) is 0 Å². The van der Waals surface area contributed by atoms with Crippen molar-refractivity contribution in [3.8, 4) is 5.75 Å². The Labute approximate surface area is 166 Å². The van der Waals surface area contributed by atoms with Crippen LogP contribution >= 0.6 is 0 Å². The van der Waals surface area contributed by atoms with Crippen molar-refractivity contribution < 1.29 is 23.8 Å². The van der Waals surface area contributed by atoms with Crippen molar-refractivity contribution in [3.05, 3.63) is 82.2 Å². The summed E-state index contributed by atoms with van der Waals surface area (Å²) in [7, 11) is 0. The van der Waals surface area contributed by atoms with Gasteiger partial charge in [-0.3, -0.25) is 4.79 Å². The third kappa shape index (κ3) is 5.32. The number of amides is 1. The molecule has 3 rings (SSSR count). The van der Waals surface area contributed by atoms with Crippen LogP contribution in [0.5, 0.6) is 5.75 Å². The monoisotopic (exact) mass is 393 g/mol. The second-order valence-corrected chi connectivity index (χ2v) is 6.35. The van der Waals surface area contributed by atoms with Gasteiger partial charge in [0.1, 0.15) is 24.0 Å². The molecule has 0 radical (unpaired) electrons. The van der Waals surface area contributed by atoms with Crippen molar-refractivity contribution in [2.45, 2.75) is 19.6 Å². The molecule has 2 N–H and O–H groups in total. The van der Waals surface area contributed by atoms with Gasteiger partial charge in [-0.1, -0.05) is 30.3 Å². The Balaban J connectivity index is 1.60. The van der Waals surface area contributed by atoms with Gasteiger partial charge in [0.25, 0.3) is 0 Å². The van der Waals surface area contributed by atoms with Crippen LogP contribution in [0, 0.1) is 0 Å². The van der Waals surface area contributed by atoms with E-state index in [0.717, 1.165) is 5.56 Å². The highest BCUT2D eigenvalue weighted by molar-refractivity contribution is 5.94. The zero-order valence-corrected chi connectivity index (χ0v) is 15.6. The van der Waals surface area contributed by atoms with Crippen LogP contribution in [0.15, 0.2) is 69.9 Å². The first-order chi connectivity index (χ1) is 13.9. The van der Waals surface area contributed by atoms with Gasteiger partial charge in [-0.2, -0.15) is 0 Å². The van der Waals surface area contributed by atoms with Crippen molar-refractivity contribution >= 4 is 28.9 Å². The number of benzene rings is 2. The SMILES string of the molecule is C[C@H](NC(=O)/C=C/c1ccccc1)C(=O)OCc1cc(=O)oc2cc(O)ccc12. The zero-order chi connectivity index (χ0) is 20.8. The number of esters is 1. The van der Waals surface area contributed by atoms with Crippen LogP contribution in [0.4, 0.5) is 0 Å². The van der Waals surface area contributed by atoms with Crippen molar-refractivity contribution in [2.24, 2.45) is 0 Å². The highest BCUT2D eigenvalue weighted by atomic mass is 16.5. The number of ether oxygens (including phenoxy) is 1. The lowest BCUT2D eigenvalue weighted by Crippen LogP contribution is -2.38. The van der Waals surface area contributed by atoms with Gasteiger partial charge < -0.3 is 19.6 Å². The molecule has 7 heteroatoms. The van der Waals surface area contributed by atoms with E-state index in [0.29, 0.717) is 10.9 Å². The maximum Gasteiger partial charge on any atom is 0.336 e. The Morgan fingerprint density at radius 3 is 2.69 bits per heavy atom. The maximum absolute atomic E-state index is 12.2. The van der Waals surface area contributed by atoms with Crippen molar-refractivity contribution in [1.82, 2.24) is 5.32 Å². The molecule has 29 heavy (non-hydrogen) atoms. The van der Waals surface area contributed by atoms with E-state index in [1.54, 1.807) is 12.1 Å². The molecule has 0 aliphatic heterocycles. The first-order valence-electron chi connectivity index (χ1n) is 8.88. The number of carbonyl (C=O) groups excluding carboxylic acids is 2. The molecule has 0 saturated heterocycles. The van der Waals surface area contributed by atoms with Gasteiger partial charge in [0.2, 0.25) is 5.91 Å². The average molecular weight is 393 g/mol. The van der Waals surface area contributed by atoms with Crippen LogP contribution < -0.4 is 10.9 Å². The van der Waals surface area contributed by atoms with Gasteiger partial charge in [-0.05, 0) is 30.7 Å². The molecule has 1 amide bonds. The van der Waals surface area contributed by atoms with Crippen molar-refractivity contribution in [3.63, 3.8) is 0 Å². The fourth-order valence-corrected chi connectivity index (χ4v) is 2.67. The number of aromatic hydroxyl groups is 1. The van der Waals surface area contributed by atoms with Crippen molar-refractivity contribution in [2.75, 3.05) is 0 Å². The number of nitrogens with one attached hydrogen (secondary N) is 1. The Bertz CT molecular complexity index is 1120. The van der Waals surface area contributed by atoms with E-state index < -0.39 is 23.5 Å². The minimum atomic E-state index is -0.877. The van der Waals surface area contributed by atoms with Gasteiger partial charge >= 0.3 is 11.6 Å². The second-order valence-electron chi connectivity index (χ2n) is 6.35. The third-order valence-corrected chi connectivity index (χ3v) is 4.12. The molecule has 148 valence electrons. The topological polar surface area (TPSA) is 106 Å². The molecule has 3 aromatic rings. The van der Waals surface area contributed by atoms with Crippen LogP contribution in [-0.2, 0) is 20.9 Å². The lowest BCUT2D eigenvalue weighted by molar-refractivity contribution is -0.148. The van der Waals surface area contributed by atoms with Crippen molar-refractivity contribution in [1.29, 1.82) is 0 Å². The minimum Gasteiger partial charge on any atom is -0.508 e. The summed E-state index contributed by atoms with van der Waals surface area (Å²) in [5, 5.41) is 12.6. The molecule has 2 aromatic carbocycles. The highest BCUT2D eigenvalue weighted by Crippen LogP contribution is 2.22.